The van der Waals surface area contributed by atoms with Gasteiger partial charge in [-0.05, 0) is 17.7 Å². The SMILES string of the molecule is Nc1nc(N)n(Cc2cccc(Cl)c2)n1. The van der Waals surface area contributed by atoms with Gasteiger partial charge in [0.15, 0.2) is 0 Å². The summed E-state index contributed by atoms with van der Waals surface area (Å²) in [7, 11) is 0. The van der Waals surface area contributed by atoms with Crippen LogP contribution in [0.25, 0.3) is 0 Å². The molecule has 0 atom stereocenters. The average Bonchev–Trinajstić information content (AvgIpc) is 2.45. The molecule has 0 bridgehead atoms. The maximum atomic E-state index is 5.85. The third-order valence-corrected chi connectivity index (χ3v) is 2.17. The average molecular weight is 224 g/mol. The van der Waals surface area contributed by atoms with Gasteiger partial charge in [-0.2, -0.15) is 4.98 Å². The molecular formula is C9H10ClN5. The van der Waals surface area contributed by atoms with Gasteiger partial charge in [-0.25, -0.2) is 4.68 Å². The molecule has 1 aromatic heterocycles. The lowest BCUT2D eigenvalue weighted by molar-refractivity contribution is 0.699. The van der Waals surface area contributed by atoms with Crippen molar-refractivity contribution in [2.75, 3.05) is 11.5 Å². The summed E-state index contributed by atoms with van der Waals surface area (Å²) >= 11 is 5.85. The first kappa shape index (κ1) is 9.79. The molecule has 0 amide bonds. The van der Waals surface area contributed by atoms with Gasteiger partial charge in [0, 0.05) is 5.02 Å². The monoisotopic (exact) mass is 223 g/mol. The highest BCUT2D eigenvalue weighted by molar-refractivity contribution is 6.30. The Kier molecular flexibility index (Phi) is 2.47. The highest BCUT2D eigenvalue weighted by Crippen LogP contribution is 2.13. The molecule has 78 valence electrons. The van der Waals surface area contributed by atoms with Crippen molar-refractivity contribution in [1.29, 1.82) is 0 Å². The number of hydrogen-bond donors (Lipinski definition) is 2. The molecule has 2 rings (SSSR count). The van der Waals surface area contributed by atoms with Crippen molar-refractivity contribution < 1.29 is 0 Å². The molecule has 1 heterocycles. The third kappa shape index (κ3) is 2.19. The van der Waals surface area contributed by atoms with E-state index in [4.69, 9.17) is 23.1 Å². The topological polar surface area (TPSA) is 82.7 Å². The summed E-state index contributed by atoms with van der Waals surface area (Å²) in [4.78, 5) is 3.80. The summed E-state index contributed by atoms with van der Waals surface area (Å²) < 4.78 is 1.53. The van der Waals surface area contributed by atoms with Gasteiger partial charge in [0.1, 0.15) is 0 Å². The quantitative estimate of drug-likeness (QED) is 0.800. The van der Waals surface area contributed by atoms with Crippen LogP contribution in [0.3, 0.4) is 0 Å². The molecular weight excluding hydrogens is 214 g/mol. The van der Waals surface area contributed by atoms with Crippen LogP contribution in [-0.4, -0.2) is 14.8 Å². The van der Waals surface area contributed by atoms with E-state index in [0.717, 1.165) is 5.56 Å². The lowest BCUT2D eigenvalue weighted by atomic mass is 10.2. The van der Waals surface area contributed by atoms with E-state index in [0.29, 0.717) is 17.5 Å². The van der Waals surface area contributed by atoms with Crippen LogP contribution in [0.4, 0.5) is 11.9 Å². The fraction of sp³-hybridized carbons (Fsp3) is 0.111. The zero-order chi connectivity index (χ0) is 10.8. The number of hydrogen-bond acceptors (Lipinski definition) is 4. The van der Waals surface area contributed by atoms with E-state index < -0.39 is 0 Å². The van der Waals surface area contributed by atoms with Crippen LogP contribution in [-0.2, 0) is 6.54 Å². The van der Waals surface area contributed by atoms with Crippen molar-refractivity contribution >= 4 is 23.5 Å². The molecule has 0 unspecified atom stereocenters. The molecule has 0 radical (unpaired) electrons. The van der Waals surface area contributed by atoms with Gasteiger partial charge in [-0.15, -0.1) is 5.10 Å². The number of nitrogen functional groups attached to an aromatic ring is 2. The van der Waals surface area contributed by atoms with E-state index in [1.807, 2.05) is 24.3 Å². The summed E-state index contributed by atoms with van der Waals surface area (Å²) in [6.07, 6.45) is 0. The summed E-state index contributed by atoms with van der Waals surface area (Å²) in [5.74, 6) is 0.474. The second-order valence-electron chi connectivity index (χ2n) is 3.12. The van der Waals surface area contributed by atoms with E-state index in [1.165, 1.54) is 4.68 Å². The Morgan fingerprint density at radius 2 is 2.13 bits per heavy atom. The fourth-order valence-corrected chi connectivity index (χ4v) is 1.51. The molecule has 0 saturated heterocycles. The number of aromatic nitrogens is 3. The fourth-order valence-electron chi connectivity index (χ4n) is 1.30. The van der Waals surface area contributed by atoms with Gasteiger partial charge in [0.05, 0.1) is 6.54 Å². The number of nitrogens with zero attached hydrogens (tertiary/aromatic N) is 3. The zero-order valence-electron chi connectivity index (χ0n) is 7.89. The van der Waals surface area contributed by atoms with Gasteiger partial charge < -0.3 is 11.5 Å². The normalized spacial score (nSPS) is 10.5. The minimum atomic E-state index is 0.175. The number of benzene rings is 1. The van der Waals surface area contributed by atoms with Crippen molar-refractivity contribution in [3.63, 3.8) is 0 Å². The molecule has 6 heteroatoms. The number of rotatable bonds is 2. The number of anilines is 2. The Hall–Kier alpha value is -1.75. The Morgan fingerprint density at radius 1 is 1.33 bits per heavy atom. The summed E-state index contributed by atoms with van der Waals surface area (Å²) in [6, 6.07) is 7.46. The van der Waals surface area contributed by atoms with E-state index in [-0.39, 0.29) is 5.95 Å². The lowest BCUT2D eigenvalue weighted by Crippen LogP contribution is -2.06. The molecule has 0 aliphatic rings. The second-order valence-corrected chi connectivity index (χ2v) is 3.55. The smallest absolute Gasteiger partial charge is 0.241 e. The van der Waals surface area contributed by atoms with E-state index in [2.05, 4.69) is 10.1 Å². The summed E-state index contributed by atoms with van der Waals surface area (Å²) in [6.45, 7) is 0.511. The predicted octanol–water partition coefficient (Wildman–Crippen LogP) is 1.14. The summed E-state index contributed by atoms with van der Waals surface area (Å²) in [5.41, 5.74) is 12.0. The molecule has 0 aliphatic heterocycles. The van der Waals surface area contributed by atoms with Crippen LogP contribution in [0, 0.1) is 0 Å². The number of halogens is 1. The summed E-state index contributed by atoms with van der Waals surface area (Å²) in [5, 5.41) is 4.63. The van der Waals surface area contributed by atoms with Crippen LogP contribution < -0.4 is 11.5 Å². The Labute approximate surface area is 91.7 Å². The Bertz CT molecular complexity index is 479. The molecule has 5 nitrogen and oxygen atoms in total. The largest absolute Gasteiger partial charge is 0.368 e. The van der Waals surface area contributed by atoms with Gasteiger partial charge >= 0.3 is 0 Å². The maximum absolute atomic E-state index is 5.85. The number of nitrogens with two attached hydrogens (primary N) is 2. The second kappa shape index (κ2) is 3.78. The van der Waals surface area contributed by atoms with E-state index >= 15 is 0 Å². The van der Waals surface area contributed by atoms with E-state index in [1.54, 1.807) is 0 Å². The Morgan fingerprint density at radius 3 is 2.73 bits per heavy atom. The minimum Gasteiger partial charge on any atom is -0.368 e. The van der Waals surface area contributed by atoms with Crippen molar-refractivity contribution in [2.24, 2.45) is 0 Å². The molecule has 0 fully saturated rings. The molecule has 2 aromatic rings. The van der Waals surface area contributed by atoms with Crippen LogP contribution in [0.5, 0.6) is 0 Å². The maximum Gasteiger partial charge on any atom is 0.241 e. The zero-order valence-corrected chi connectivity index (χ0v) is 8.65. The van der Waals surface area contributed by atoms with Crippen molar-refractivity contribution in [1.82, 2.24) is 14.8 Å². The molecule has 1 aromatic carbocycles. The van der Waals surface area contributed by atoms with Crippen LogP contribution in [0.2, 0.25) is 5.02 Å². The predicted molar refractivity (Wildman–Crippen MR) is 59.4 cm³/mol. The highest BCUT2D eigenvalue weighted by atomic mass is 35.5. The highest BCUT2D eigenvalue weighted by Gasteiger charge is 2.04. The lowest BCUT2D eigenvalue weighted by Gasteiger charge is -2.02. The standard InChI is InChI=1S/C9H10ClN5/c10-7-3-1-2-6(4-7)5-15-9(12)13-8(11)14-15/h1-4H,5H2,(H4,11,12,13,14). The van der Waals surface area contributed by atoms with Crippen molar-refractivity contribution in [2.45, 2.75) is 6.54 Å². The third-order valence-electron chi connectivity index (χ3n) is 1.94. The first-order valence-electron chi connectivity index (χ1n) is 4.35. The van der Waals surface area contributed by atoms with Gasteiger partial charge in [0.25, 0.3) is 0 Å². The van der Waals surface area contributed by atoms with Gasteiger partial charge in [0.2, 0.25) is 11.9 Å². The first-order valence-corrected chi connectivity index (χ1v) is 4.73. The first-order chi connectivity index (χ1) is 7.15. The minimum absolute atomic E-state index is 0.175. The molecule has 0 aliphatic carbocycles. The van der Waals surface area contributed by atoms with Gasteiger partial charge in [-0.1, -0.05) is 23.7 Å². The Balaban J connectivity index is 2.25. The van der Waals surface area contributed by atoms with Crippen LogP contribution in [0.15, 0.2) is 24.3 Å². The molecule has 0 saturated carbocycles. The van der Waals surface area contributed by atoms with Crippen molar-refractivity contribution in [3.8, 4) is 0 Å². The van der Waals surface area contributed by atoms with Crippen LogP contribution in [0.1, 0.15) is 5.56 Å². The van der Waals surface area contributed by atoms with Crippen LogP contribution >= 0.6 is 11.6 Å². The molecule has 0 spiro atoms. The van der Waals surface area contributed by atoms with E-state index in [9.17, 15) is 0 Å². The van der Waals surface area contributed by atoms with Crippen molar-refractivity contribution in [3.05, 3.63) is 34.9 Å². The molecule has 4 N–H and O–H groups in total. The molecule has 15 heavy (non-hydrogen) atoms. The van der Waals surface area contributed by atoms with Gasteiger partial charge in [-0.3, -0.25) is 0 Å².